The highest BCUT2D eigenvalue weighted by Crippen LogP contribution is 2.31. The molecule has 0 aromatic carbocycles. The first-order valence-electron chi connectivity index (χ1n) is 6.87. The van der Waals surface area contributed by atoms with Gasteiger partial charge in [-0.1, -0.05) is 0 Å². The van der Waals surface area contributed by atoms with Gasteiger partial charge in [0.15, 0.2) is 0 Å². The van der Waals surface area contributed by atoms with Gasteiger partial charge in [0.2, 0.25) is 5.88 Å². The Morgan fingerprint density at radius 2 is 2.06 bits per heavy atom. The van der Waals surface area contributed by atoms with E-state index < -0.39 is 0 Å². The molecule has 1 aromatic heterocycles. The minimum absolute atomic E-state index is 0.578. The van der Waals surface area contributed by atoms with E-state index in [9.17, 15) is 0 Å². The average Bonchev–Trinajstić information content (AvgIpc) is 2.59. The van der Waals surface area contributed by atoms with Crippen LogP contribution >= 0.6 is 0 Å². The van der Waals surface area contributed by atoms with Crippen molar-refractivity contribution < 1.29 is 4.74 Å². The van der Waals surface area contributed by atoms with Gasteiger partial charge in [-0.15, -0.1) is 0 Å². The predicted molar refractivity (Wildman–Crippen MR) is 72.1 cm³/mol. The largest absolute Gasteiger partial charge is 0.476 e. The fraction of sp³-hybridized carbons (Fsp3) is 0.643. The van der Waals surface area contributed by atoms with Crippen LogP contribution in [0.4, 0.5) is 5.82 Å². The molecule has 0 radical (unpaired) electrons. The second-order valence-electron chi connectivity index (χ2n) is 5.34. The van der Waals surface area contributed by atoms with Crippen LogP contribution < -0.4 is 15.0 Å². The lowest BCUT2D eigenvalue weighted by molar-refractivity contribution is 0.314. The molecule has 2 aliphatic rings. The van der Waals surface area contributed by atoms with Crippen LogP contribution in [0.5, 0.6) is 5.88 Å². The summed E-state index contributed by atoms with van der Waals surface area (Å²) in [5.41, 5.74) is 1.16. The summed E-state index contributed by atoms with van der Waals surface area (Å²) in [6, 6.07) is 5.44. The van der Waals surface area contributed by atoms with Gasteiger partial charge < -0.3 is 15.0 Å². The van der Waals surface area contributed by atoms with E-state index in [4.69, 9.17) is 9.72 Å². The topological polar surface area (TPSA) is 37.4 Å². The normalized spacial score (nSPS) is 27.6. The first-order valence-corrected chi connectivity index (χ1v) is 6.87. The summed E-state index contributed by atoms with van der Waals surface area (Å²) in [5, 5.41) is 3.33. The monoisotopic (exact) mass is 247 g/mol. The zero-order chi connectivity index (χ0) is 12.5. The lowest BCUT2D eigenvalue weighted by atomic mass is 10.2. The quantitative estimate of drug-likeness (QED) is 0.823. The molecule has 3 rings (SSSR count). The summed E-state index contributed by atoms with van der Waals surface area (Å²) >= 11 is 0. The predicted octanol–water partition coefficient (Wildman–Crippen LogP) is 1.94. The Balaban J connectivity index is 1.91. The molecule has 18 heavy (non-hydrogen) atoms. The number of hydrogen-bond acceptors (Lipinski definition) is 4. The third kappa shape index (κ3) is 2.05. The van der Waals surface area contributed by atoms with E-state index in [1.54, 1.807) is 0 Å². The van der Waals surface area contributed by atoms with E-state index in [-0.39, 0.29) is 0 Å². The Morgan fingerprint density at radius 3 is 2.83 bits per heavy atom. The van der Waals surface area contributed by atoms with Crippen molar-refractivity contribution in [2.75, 3.05) is 18.1 Å². The van der Waals surface area contributed by atoms with Gasteiger partial charge in [0.05, 0.1) is 0 Å². The second-order valence-corrected chi connectivity index (χ2v) is 5.34. The molecule has 0 aliphatic carbocycles. The van der Waals surface area contributed by atoms with E-state index in [1.165, 1.54) is 12.8 Å². The molecule has 0 saturated carbocycles. The third-order valence-electron chi connectivity index (χ3n) is 3.97. The van der Waals surface area contributed by atoms with E-state index in [0.717, 1.165) is 30.4 Å². The average molecular weight is 247 g/mol. The molecular weight excluding hydrogens is 226 g/mol. The molecule has 0 amide bonds. The molecule has 1 fully saturated rings. The number of ether oxygens (including phenoxy) is 1. The SMILES string of the molecule is CC1CCC(C)N1c1ccc2c(n1)OCCNC2. The summed E-state index contributed by atoms with van der Waals surface area (Å²) in [6.45, 7) is 7.00. The number of nitrogens with one attached hydrogen (secondary N) is 1. The molecule has 3 heterocycles. The van der Waals surface area contributed by atoms with Crippen LogP contribution in [-0.4, -0.2) is 30.2 Å². The summed E-state index contributed by atoms with van der Waals surface area (Å²) in [4.78, 5) is 7.14. The number of hydrogen-bond donors (Lipinski definition) is 1. The van der Waals surface area contributed by atoms with Crippen LogP contribution in [0, 0.1) is 0 Å². The van der Waals surface area contributed by atoms with Gasteiger partial charge in [0, 0.05) is 30.7 Å². The maximum atomic E-state index is 5.72. The highest BCUT2D eigenvalue weighted by atomic mass is 16.5. The van der Waals surface area contributed by atoms with Gasteiger partial charge in [-0.3, -0.25) is 0 Å². The Labute approximate surface area is 108 Å². The Bertz CT molecular complexity index is 425. The van der Waals surface area contributed by atoms with Crippen LogP contribution in [0.25, 0.3) is 0 Å². The van der Waals surface area contributed by atoms with Crippen LogP contribution in [0.1, 0.15) is 32.3 Å². The molecule has 2 atom stereocenters. The van der Waals surface area contributed by atoms with Gasteiger partial charge in [-0.2, -0.15) is 4.98 Å². The molecule has 1 N–H and O–H groups in total. The number of anilines is 1. The Kier molecular flexibility index (Phi) is 3.12. The van der Waals surface area contributed by atoms with E-state index in [2.05, 4.69) is 36.2 Å². The number of nitrogens with zero attached hydrogens (tertiary/aromatic N) is 2. The van der Waals surface area contributed by atoms with Gasteiger partial charge in [0.1, 0.15) is 12.4 Å². The lowest BCUT2D eigenvalue weighted by Gasteiger charge is -2.28. The molecule has 2 aliphatic heterocycles. The van der Waals surface area contributed by atoms with Crippen LogP contribution in [0.3, 0.4) is 0 Å². The van der Waals surface area contributed by atoms with Crippen molar-refractivity contribution in [3.05, 3.63) is 17.7 Å². The number of fused-ring (bicyclic) bond motifs is 1. The highest BCUT2D eigenvalue weighted by molar-refractivity contribution is 5.47. The zero-order valence-corrected chi connectivity index (χ0v) is 11.1. The fourth-order valence-corrected chi connectivity index (χ4v) is 2.95. The first-order chi connectivity index (χ1) is 8.75. The molecule has 98 valence electrons. The second kappa shape index (κ2) is 4.76. The van der Waals surface area contributed by atoms with Crippen molar-refractivity contribution in [3.63, 3.8) is 0 Å². The first kappa shape index (κ1) is 11.8. The molecule has 2 unspecified atom stereocenters. The van der Waals surface area contributed by atoms with Crippen LogP contribution in [0.2, 0.25) is 0 Å². The molecule has 4 heteroatoms. The third-order valence-corrected chi connectivity index (χ3v) is 3.97. The smallest absolute Gasteiger partial charge is 0.219 e. The molecule has 0 bridgehead atoms. The van der Waals surface area contributed by atoms with Crippen molar-refractivity contribution >= 4 is 5.82 Å². The van der Waals surface area contributed by atoms with Gasteiger partial charge in [-0.25, -0.2) is 0 Å². The molecule has 0 spiro atoms. The molecule has 1 aromatic rings. The summed E-state index contributed by atoms with van der Waals surface area (Å²) in [7, 11) is 0. The minimum Gasteiger partial charge on any atom is -0.476 e. The Morgan fingerprint density at radius 1 is 1.28 bits per heavy atom. The standard InChI is InChI=1S/C14H21N3O/c1-10-3-4-11(2)17(10)13-6-5-12-9-15-7-8-18-14(12)16-13/h5-6,10-11,15H,3-4,7-9H2,1-2H3. The van der Waals surface area contributed by atoms with E-state index in [1.807, 2.05) is 0 Å². The molecule has 4 nitrogen and oxygen atoms in total. The highest BCUT2D eigenvalue weighted by Gasteiger charge is 2.28. The minimum atomic E-state index is 0.578. The van der Waals surface area contributed by atoms with Gasteiger partial charge in [-0.05, 0) is 38.8 Å². The molecular formula is C14H21N3O. The van der Waals surface area contributed by atoms with Crippen molar-refractivity contribution in [3.8, 4) is 5.88 Å². The zero-order valence-electron chi connectivity index (χ0n) is 11.1. The summed E-state index contributed by atoms with van der Waals surface area (Å²) < 4.78 is 5.72. The number of rotatable bonds is 1. The van der Waals surface area contributed by atoms with E-state index >= 15 is 0 Å². The van der Waals surface area contributed by atoms with Crippen molar-refractivity contribution in [2.45, 2.75) is 45.3 Å². The van der Waals surface area contributed by atoms with E-state index in [0.29, 0.717) is 18.7 Å². The van der Waals surface area contributed by atoms with Crippen molar-refractivity contribution in [1.29, 1.82) is 0 Å². The van der Waals surface area contributed by atoms with Crippen LogP contribution in [0.15, 0.2) is 12.1 Å². The van der Waals surface area contributed by atoms with Crippen molar-refractivity contribution in [2.24, 2.45) is 0 Å². The maximum absolute atomic E-state index is 5.72. The summed E-state index contributed by atoms with van der Waals surface area (Å²) in [5.74, 6) is 1.87. The number of pyridine rings is 1. The lowest BCUT2D eigenvalue weighted by Crippen LogP contribution is -2.33. The maximum Gasteiger partial charge on any atom is 0.219 e. The van der Waals surface area contributed by atoms with Gasteiger partial charge in [0.25, 0.3) is 0 Å². The summed E-state index contributed by atoms with van der Waals surface area (Å²) in [6.07, 6.45) is 2.50. The van der Waals surface area contributed by atoms with Gasteiger partial charge >= 0.3 is 0 Å². The van der Waals surface area contributed by atoms with Crippen LogP contribution in [-0.2, 0) is 6.54 Å². The number of aromatic nitrogens is 1. The van der Waals surface area contributed by atoms with Crippen molar-refractivity contribution in [1.82, 2.24) is 10.3 Å². The Hall–Kier alpha value is -1.29. The fourth-order valence-electron chi connectivity index (χ4n) is 2.95. The molecule has 1 saturated heterocycles.